The Kier molecular flexibility index (Phi) is 3.44. The molecule has 0 unspecified atom stereocenters. The molecule has 1 heterocycles. The zero-order valence-electron chi connectivity index (χ0n) is 11.6. The first kappa shape index (κ1) is 13.4. The summed E-state index contributed by atoms with van der Waals surface area (Å²) in [5, 5.41) is 4.21. The number of anilines is 1. The lowest BCUT2D eigenvalue weighted by molar-refractivity contribution is 0.629. The molecule has 0 radical (unpaired) electrons. The summed E-state index contributed by atoms with van der Waals surface area (Å²) in [4.78, 5) is 12.4. The van der Waals surface area contributed by atoms with E-state index in [0.717, 1.165) is 11.3 Å². The third-order valence-corrected chi connectivity index (χ3v) is 3.53. The monoisotopic (exact) mass is 282 g/mol. The summed E-state index contributed by atoms with van der Waals surface area (Å²) in [7, 11) is 1.86. The van der Waals surface area contributed by atoms with Gasteiger partial charge in [-0.15, -0.1) is 0 Å². The zero-order chi connectivity index (χ0) is 14.8. The highest BCUT2D eigenvalue weighted by atomic mass is 19.1. The van der Waals surface area contributed by atoms with E-state index in [1.807, 2.05) is 31.3 Å². The molecule has 106 valence electrons. The summed E-state index contributed by atoms with van der Waals surface area (Å²) in [6, 6.07) is 13.9. The van der Waals surface area contributed by atoms with Crippen molar-refractivity contribution in [2.24, 2.45) is 0 Å². The second kappa shape index (κ2) is 5.40. The van der Waals surface area contributed by atoms with Crippen LogP contribution in [0.2, 0.25) is 0 Å². The summed E-state index contributed by atoms with van der Waals surface area (Å²) < 4.78 is 14.8. The Bertz CT molecular complexity index is 838. The van der Waals surface area contributed by atoms with E-state index in [4.69, 9.17) is 0 Å². The van der Waals surface area contributed by atoms with Gasteiger partial charge in [0.25, 0.3) is 5.56 Å². The first-order chi connectivity index (χ1) is 10.2. The van der Waals surface area contributed by atoms with Crippen molar-refractivity contribution in [1.82, 2.24) is 4.57 Å². The number of hydrogen-bond donors (Lipinski definition) is 1. The summed E-state index contributed by atoms with van der Waals surface area (Å²) in [5.74, 6) is -0.331. The van der Waals surface area contributed by atoms with Crippen LogP contribution >= 0.6 is 0 Å². The average molecular weight is 282 g/mol. The van der Waals surface area contributed by atoms with Gasteiger partial charge < -0.3 is 9.88 Å². The van der Waals surface area contributed by atoms with E-state index in [2.05, 4.69) is 5.32 Å². The molecule has 0 aliphatic carbocycles. The van der Waals surface area contributed by atoms with Crippen LogP contribution < -0.4 is 10.9 Å². The van der Waals surface area contributed by atoms with Crippen LogP contribution in [0.4, 0.5) is 10.1 Å². The highest BCUT2D eigenvalue weighted by Crippen LogP contribution is 2.13. The second-order valence-electron chi connectivity index (χ2n) is 4.93. The summed E-state index contributed by atoms with van der Waals surface area (Å²) in [6.45, 7) is 0.496. The molecule has 0 aliphatic heterocycles. The minimum absolute atomic E-state index is 0.106. The molecule has 3 aromatic rings. The van der Waals surface area contributed by atoms with Crippen molar-refractivity contribution < 1.29 is 4.39 Å². The van der Waals surface area contributed by atoms with Gasteiger partial charge in [-0.05, 0) is 47.3 Å². The molecule has 21 heavy (non-hydrogen) atoms. The molecule has 0 spiro atoms. The largest absolute Gasteiger partial charge is 0.388 e. The molecule has 0 aliphatic rings. The van der Waals surface area contributed by atoms with E-state index in [1.54, 1.807) is 16.8 Å². The van der Waals surface area contributed by atoms with Crippen LogP contribution in [0.25, 0.3) is 10.8 Å². The predicted octanol–water partition coefficient (Wildman–Crippen LogP) is 3.23. The minimum atomic E-state index is -0.331. The molecule has 0 fully saturated rings. The van der Waals surface area contributed by atoms with E-state index in [1.165, 1.54) is 18.2 Å². The lowest BCUT2D eigenvalue weighted by atomic mass is 10.1. The molecule has 2 aromatic carbocycles. The van der Waals surface area contributed by atoms with Crippen molar-refractivity contribution in [3.05, 3.63) is 76.5 Å². The van der Waals surface area contributed by atoms with Crippen LogP contribution in [0.15, 0.2) is 59.5 Å². The first-order valence-electron chi connectivity index (χ1n) is 6.73. The van der Waals surface area contributed by atoms with Crippen LogP contribution in [0.5, 0.6) is 0 Å². The Morgan fingerprint density at radius 1 is 1.10 bits per heavy atom. The first-order valence-corrected chi connectivity index (χ1v) is 6.73. The molecule has 1 aromatic heterocycles. The van der Waals surface area contributed by atoms with Gasteiger partial charge in [-0.2, -0.15) is 0 Å². The molecule has 3 nitrogen and oxygen atoms in total. The van der Waals surface area contributed by atoms with Crippen LogP contribution in [0.1, 0.15) is 5.56 Å². The highest BCUT2D eigenvalue weighted by molar-refractivity contribution is 5.81. The smallest absolute Gasteiger partial charge is 0.258 e. The van der Waals surface area contributed by atoms with Crippen LogP contribution in [-0.4, -0.2) is 11.6 Å². The Morgan fingerprint density at radius 3 is 2.57 bits per heavy atom. The van der Waals surface area contributed by atoms with Crippen molar-refractivity contribution in [3.63, 3.8) is 0 Å². The van der Waals surface area contributed by atoms with Gasteiger partial charge in [-0.25, -0.2) is 4.39 Å². The van der Waals surface area contributed by atoms with Gasteiger partial charge >= 0.3 is 0 Å². The van der Waals surface area contributed by atoms with Gasteiger partial charge in [0, 0.05) is 24.3 Å². The van der Waals surface area contributed by atoms with Crippen LogP contribution in [0.3, 0.4) is 0 Å². The molecule has 4 heteroatoms. The highest BCUT2D eigenvalue weighted by Gasteiger charge is 2.04. The van der Waals surface area contributed by atoms with Gasteiger partial charge in [-0.1, -0.05) is 12.1 Å². The number of nitrogens with zero attached hydrogens (tertiary/aromatic N) is 1. The van der Waals surface area contributed by atoms with Crippen molar-refractivity contribution in [1.29, 1.82) is 0 Å². The van der Waals surface area contributed by atoms with Gasteiger partial charge in [-0.3, -0.25) is 4.79 Å². The number of hydrogen-bond acceptors (Lipinski definition) is 2. The fourth-order valence-electron chi connectivity index (χ4n) is 2.36. The maximum absolute atomic E-state index is 13.2. The molecule has 0 bridgehead atoms. The molecule has 1 N–H and O–H groups in total. The number of halogens is 1. The van der Waals surface area contributed by atoms with Crippen LogP contribution in [0, 0.1) is 5.82 Å². The van der Waals surface area contributed by atoms with E-state index in [9.17, 15) is 9.18 Å². The maximum Gasteiger partial charge on any atom is 0.258 e. The van der Waals surface area contributed by atoms with E-state index < -0.39 is 0 Å². The number of rotatable bonds is 3. The topological polar surface area (TPSA) is 34.0 Å². The number of nitrogens with one attached hydrogen (secondary N) is 1. The van der Waals surface area contributed by atoms with E-state index >= 15 is 0 Å². The molecular formula is C17H15FN2O. The number of fused-ring (bicyclic) bond motifs is 1. The molecule has 0 amide bonds. The van der Waals surface area contributed by atoms with Gasteiger partial charge in [0.2, 0.25) is 0 Å². The summed E-state index contributed by atoms with van der Waals surface area (Å²) in [5.41, 5.74) is 1.96. The Balaban J connectivity index is 1.98. The Labute approximate surface area is 121 Å². The maximum atomic E-state index is 13.2. The molecular weight excluding hydrogens is 267 g/mol. The number of aromatic nitrogens is 1. The fourth-order valence-corrected chi connectivity index (χ4v) is 2.36. The molecule has 3 rings (SSSR count). The molecule has 0 saturated carbocycles. The fraction of sp³-hybridized carbons (Fsp3) is 0.118. The normalized spacial score (nSPS) is 10.8. The molecule has 0 saturated heterocycles. The van der Waals surface area contributed by atoms with Crippen molar-refractivity contribution >= 4 is 16.5 Å². The third-order valence-electron chi connectivity index (χ3n) is 3.53. The zero-order valence-corrected chi connectivity index (χ0v) is 11.6. The van der Waals surface area contributed by atoms with Crippen molar-refractivity contribution in [3.8, 4) is 0 Å². The Morgan fingerprint density at radius 2 is 1.86 bits per heavy atom. The van der Waals surface area contributed by atoms with Crippen molar-refractivity contribution in [2.45, 2.75) is 6.54 Å². The minimum Gasteiger partial charge on any atom is -0.388 e. The SMILES string of the molecule is CNc1ccc(Cn2ccc3cc(F)ccc3c2=O)cc1. The standard InChI is InChI=1S/C17H15FN2O/c1-19-15-5-2-12(3-6-15)11-20-9-8-13-10-14(18)4-7-16(13)17(20)21/h2-10,19H,11H2,1H3. The predicted molar refractivity (Wildman–Crippen MR) is 83.3 cm³/mol. The molecule has 0 atom stereocenters. The van der Waals surface area contributed by atoms with E-state index in [0.29, 0.717) is 17.3 Å². The lowest BCUT2D eigenvalue weighted by Gasteiger charge is -2.08. The lowest BCUT2D eigenvalue weighted by Crippen LogP contribution is -2.20. The summed E-state index contributed by atoms with van der Waals surface area (Å²) >= 11 is 0. The number of benzene rings is 2. The second-order valence-corrected chi connectivity index (χ2v) is 4.93. The number of pyridine rings is 1. The van der Waals surface area contributed by atoms with Gasteiger partial charge in [0.05, 0.1) is 6.54 Å². The third kappa shape index (κ3) is 2.65. The average Bonchev–Trinajstić information content (AvgIpc) is 2.51. The van der Waals surface area contributed by atoms with Gasteiger partial charge in [0.15, 0.2) is 0 Å². The van der Waals surface area contributed by atoms with Gasteiger partial charge in [0.1, 0.15) is 5.82 Å². The Hall–Kier alpha value is -2.62. The summed E-state index contributed by atoms with van der Waals surface area (Å²) in [6.07, 6.45) is 1.70. The van der Waals surface area contributed by atoms with Crippen LogP contribution in [-0.2, 0) is 6.54 Å². The van der Waals surface area contributed by atoms with E-state index in [-0.39, 0.29) is 11.4 Å². The quantitative estimate of drug-likeness (QED) is 0.800. The van der Waals surface area contributed by atoms with Crippen molar-refractivity contribution in [2.75, 3.05) is 12.4 Å².